The predicted molar refractivity (Wildman–Crippen MR) is 118 cm³/mol. The van der Waals surface area contributed by atoms with Gasteiger partial charge in [-0.3, -0.25) is 4.79 Å². The number of hydrogen-bond acceptors (Lipinski definition) is 3. The molecular formula is C24H27N5O2. The number of urea groups is 1. The first kappa shape index (κ1) is 20.7. The van der Waals surface area contributed by atoms with Gasteiger partial charge in [0.1, 0.15) is 0 Å². The van der Waals surface area contributed by atoms with Crippen molar-refractivity contribution in [3.63, 3.8) is 0 Å². The summed E-state index contributed by atoms with van der Waals surface area (Å²) in [6.07, 6.45) is 7.08. The van der Waals surface area contributed by atoms with Gasteiger partial charge in [-0.1, -0.05) is 48.5 Å². The molecule has 3 aromatic rings. The third-order valence-electron chi connectivity index (χ3n) is 5.39. The molecule has 2 aromatic carbocycles. The fraction of sp³-hybridized carbons (Fsp3) is 0.292. The van der Waals surface area contributed by atoms with Crippen molar-refractivity contribution < 1.29 is 9.59 Å². The van der Waals surface area contributed by atoms with Gasteiger partial charge in [0, 0.05) is 51.5 Å². The summed E-state index contributed by atoms with van der Waals surface area (Å²) < 4.78 is 2.01. The van der Waals surface area contributed by atoms with E-state index in [1.807, 2.05) is 52.1 Å². The first-order valence-corrected chi connectivity index (χ1v) is 10.6. The molecule has 0 spiro atoms. The number of nitrogens with one attached hydrogen (secondary N) is 2. The summed E-state index contributed by atoms with van der Waals surface area (Å²) >= 11 is 0. The second kappa shape index (κ2) is 9.93. The number of carbonyl (C=O) groups is 2. The molecule has 1 aliphatic heterocycles. The fourth-order valence-electron chi connectivity index (χ4n) is 3.71. The molecule has 7 heteroatoms. The lowest BCUT2D eigenvalue weighted by molar-refractivity contribution is -0.128. The van der Waals surface area contributed by atoms with E-state index >= 15 is 0 Å². The van der Waals surface area contributed by atoms with Gasteiger partial charge in [0.25, 0.3) is 0 Å². The summed E-state index contributed by atoms with van der Waals surface area (Å²) in [5, 5.41) is 5.79. The molecule has 31 heavy (non-hydrogen) atoms. The number of rotatable bonds is 8. The maximum Gasteiger partial charge on any atom is 0.315 e. The van der Waals surface area contributed by atoms with E-state index < -0.39 is 0 Å². The molecule has 2 N–H and O–H groups in total. The lowest BCUT2D eigenvalue weighted by atomic mass is 10.1. The van der Waals surface area contributed by atoms with E-state index in [1.165, 1.54) is 5.56 Å². The highest BCUT2D eigenvalue weighted by Gasteiger charge is 2.19. The normalized spacial score (nSPS) is 13.4. The zero-order chi connectivity index (χ0) is 21.5. The quantitative estimate of drug-likeness (QED) is 0.591. The van der Waals surface area contributed by atoms with Gasteiger partial charge in [-0.25, -0.2) is 9.78 Å². The van der Waals surface area contributed by atoms with Crippen molar-refractivity contribution in [2.24, 2.45) is 0 Å². The predicted octanol–water partition coefficient (Wildman–Crippen LogP) is 3.05. The lowest BCUT2D eigenvalue weighted by Crippen LogP contribution is -2.34. The Labute approximate surface area is 182 Å². The van der Waals surface area contributed by atoms with Crippen LogP contribution in [0.4, 0.5) is 4.79 Å². The average Bonchev–Trinajstić information content (AvgIpc) is 3.44. The zero-order valence-corrected chi connectivity index (χ0v) is 17.5. The molecule has 1 fully saturated rings. The van der Waals surface area contributed by atoms with E-state index in [0.29, 0.717) is 26.1 Å². The van der Waals surface area contributed by atoms with Crippen LogP contribution in [-0.2, 0) is 31.0 Å². The Bertz CT molecular complexity index is 1010. The molecule has 0 bridgehead atoms. The zero-order valence-electron chi connectivity index (χ0n) is 17.5. The number of carbonyl (C=O) groups excluding carboxylic acids is 2. The third-order valence-corrected chi connectivity index (χ3v) is 5.39. The minimum absolute atomic E-state index is 0.206. The van der Waals surface area contributed by atoms with Crippen molar-refractivity contribution >= 4 is 11.9 Å². The minimum Gasteiger partial charge on any atom is -0.338 e. The molecule has 0 atom stereocenters. The van der Waals surface area contributed by atoms with Gasteiger partial charge in [0.05, 0.1) is 6.33 Å². The van der Waals surface area contributed by atoms with Crippen LogP contribution in [0.2, 0.25) is 0 Å². The second-order valence-electron chi connectivity index (χ2n) is 7.83. The minimum atomic E-state index is -0.206. The molecule has 4 rings (SSSR count). The lowest BCUT2D eigenvalue weighted by Gasteiger charge is -2.16. The van der Waals surface area contributed by atoms with Crippen molar-refractivity contribution in [3.05, 3.63) is 89.5 Å². The van der Waals surface area contributed by atoms with Crippen molar-refractivity contribution in [1.29, 1.82) is 0 Å². The van der Waals surface area contributed by atoms with Gasteiger partial charge in [-0.15, -0.1) is 0 Å². The van der Waals surface area contributed by atoms with Crippen molar-refractivity contribution in [1.82, 2.24) is 25.1 Å². The van der Waals surface area contributed by atoms with Gasteiger partial charge in [0.15, 0.2) is 0 Å². The molecule has 1 saturated heterocycles. The molecule has 3 amide bonds. The summed E-state index contributed by atoms with van der Waals surface area (Å²) in [5.41, 5.74) is 4.33. The van der Waals surface area contributed by atoms with Crippen LogP contribution in [0.5, 0.6) is 0 Å². The Kier molecular flexibility index (Phi) is 6.62. The molecule has 0 saturated carbocycles. The Hall–Kier alpha value is -3.61. The van der Waals surface area contributed by atoms with Gasteiger partial charge in [-0.05, 0) is 28.7 Å². The molecule has 0 unspecified atom stereocenters. The van der Waals surface area contributed by atoms with E-state index in [-0.39, 0.29) is 11.9 Å². The molecule has 7 nitrogen and oxygen atoms in total. The van der Waals surface area contributed by atoms with E-state index in [2.05, 4.69) is 27.8 Å². The van der Waals surface area contributed by atoms with Crippen molar-refractivity contribution in [2.75, 3.05) is 6.54 Å². The van der Waals surface area contributed by atoms with Crippen LogP contribution in [0.25, 0.3) is 0 Å². The maximum atomic E-state index is 12.2. The number of aromatic nitrogens is 2. The number of likely N-dealkylation sites (tertiary alicyclic amines) is 1. The summed E-state index contributed by atoms with van der Waals surface area (Å²) in [7, 11) is 0. The average molecular weight is 418 g/mol. The highest BCUT2D eigenvalue weighted by molar-refractivity contribution is 5.78. The van der Waals surface area contributed by atoms with Crippen LogP contribution in [0.1, 0.15) is 35.1 Å². The maximum absolute atomic E-state index is 12.2. The topological polar surface area (TPSA) is 79.3 Å². The van der Waals surface area contributed by atoms with Gasteiger partial charge >= 0.3 is 6.03 Å². The Morgan fingerprint density at radius 2 is 1.68 bits per heavy atom. The fourth-order valence-corrected chi connectivity index (χ4v) is 3.71. The van der Waals surface area contributed by atoms with Crippen LogP contribution < -0.4 is 10.6 Å². The number of nitrogens with zero attached hydrogens (tertiary/aromatic N) is 3. The largest absolute Gasteiger partial charge is 0.338 e. The standard InChI is InChI=1S/C24H27N5O2/c30-23-5-2-11-29(23)17-22-4-1-3-21(13-22)15-27-24(31)26-14-19-6-8-20(9-7-19)16-28-12-10-25-18-28/h1,3-4,6-10,12-13,18H,2,5,11,14-17H2,(H2,26,27,31). The first-order valence-electron chi connectivity index (χ1n) is 10.6. The number of amides is 3. The highest BCUT2D eigenvalue weighted by Crippen LogP contribution is 2.15. The molecule has 2 heterocycles. The van der Waals surface area contributed by atoms with E-state index in [0.717, 1.165) is 36.2 Å². The van der Waals surface area contributed by atoms with E-state index in [1.54, 1.807) is 12.5 Å². The molecule has 160 valence electrons. The Balaban J connectivity index is 1.21. The smallest absolute Gasteiger partial charge is 0.315 e. The molecule has 1 aromatic heterocycles. The summed E-state index contributed by atoms with van der Waals surface area (Å²) in [4.78, 5) is 29.9. The first-order chi connectivity index (χ1) is 15.2. The van der Waals surface area contributed by atoms with Crippen LogP contribution in [0, 0.1) is 0 Å². The SMILES string of the molecule is O=C(NCc1ccc(Cn2ccnc2)cc1)NCc1cccc(CN2CCCC2=O)c1. The molecule has 0 aliphatic carbocycles. The third kappa shape index (κ3) is 5.94. The van der Waals surface area contributed by atoms with E-state index in [4.69, 9.17) is 0 Å². The van der Waals surface area contributed by atoms with Crippen LogP contribution >= 0.6 is 0 Å². The van der Waals surface area contributed by atoms with Gasteiger partial charge in [-0.2, -0.15) is 0 Å². The number of hydrogen-bond donors (Lipinski definition) is 2. The summed E-state index contributed by atoms with van der Waals surface area (Å²) in [6.45, 7) is 3.15. The van der Waals surface area contributed by atoms with Crippen LogP contribution in [0.15, 0.2) is 67.3 Å². The molecule has 0 radical (unpaired) electrons. The monoisotopic (exact) mass is 417 g/mol. The van der Waals surface area contributed by atoms with Crippen molar-refractivity contribution in [2.45, 2.75) is 39.0 Å². The Morgan fingerprint density at radius 1 is 0.935 bits per heavy atom. The van der Waals surface area contributed by atoms with Crippen molar-refractivity contribution in [3.8, 4) is 0 Å². The highest BCUT2D eigenvalue weighted by atomic mass is 16.2. The van der Waals surface area contributed by atoms with Crippen LogP contribution in [-0.4, -0.2) is 32.9 Å². The summed E-state index contributed by atoms with van der Waals surface area (Å²) in [6, 6.07) is 16.0. The Morgan fingerprint density at radius 3 is 2.39 bits per heavy atom. The molecule has 1 aliphatic rings. The number of imidazole rings is 1. The summed E-state index contributed by atoms with van der Waals surface area (Å²) in [5.74, 6) is 0.220. The molecular weight excluding hydrogens is 390 g/mol. The van der Waals surface area contributed by atoms with E-state index in [9.17, 15) is 9.59 Å². The van der Waals surface area contributed by atoms with Gasteiger partial charge < -0.3 is 20.1 Å². The second-order valence-corrected chi connectivity index (χ2v) is 7.83. The number of benzene rings is 2. The van der Waals surface area contributed by atoms with Crippen LogP contribution in [0.3, 0.4) is 0 Å². The van der Waals surface area contributed by atoms with Gasteiger partial charge in [0.2, 0.25) is 5.91 Å².